The molecule has 0 aliphatic rings. The van der Waals surface area contributed by atoms with Crippen LogP contribution in [0.5, 0.6) is 0 Å². The van der Waals surface area contributed by atoms with Gasteiger partial charge >= 0.3 is 0 Å². The third kappa shape index (κ3) is 3.95. The van der Waals surface area contributed by atoms with Crippen LogP contribution in [0.15, 0.2) is 34.0 Å². The van der Waals surface area contributed by atoms with Gasteiger partial charge in [-0.3, -0.25) is 4.79 Å². The molecule has 0 radical (unpaired) electrons. The molecular weight excluding hydrogens is 417 g/mol. The number of rotatable bonds is 3. The highest BCUT2D eigenvalue weighted by molar-refractivity contribution is 9.10. The molecule has 2 aromatic rings. The Hall–Kier alpha value is -1.22. The third-order valence-corrected chi connectivity index (χ3v) is 4.44. The second kappa shape index (κ2) is 6.49. The molecule has 0 aliphatic heterocycles. The predicted molar refractivity (Wildman–Crippen MR) is 87.3 cm³/mol. The molecule has 2 rings (SSSR count). The Bertz CT molecular complexity index is 859. The highest BCUT2D eigenvalue weighted by Gasteiger charge is 2.19. The van der Waals surface area contributed by atoms with Crippen LogP contribution in [-0.4, -0.2) is 30.5 Å². The summed E-state index contributed by atoms with van der Waals surface area (Å²) in [6.07, 6.45) is 2.15. The van der Waals surface area contributed by atoms with Crippen LogP contribution in [0.25, 0.3) is 0 Å². The molecule has 10 heteroatoms. The van der Waals surface area contributed by atoms with E-state index in [-0.39, 0.29) is 15.2 Å². The molecule has 1 aromatic carbocycles. The van der Waals surface area contributed by atoms with E-state index in [1.807, 2.05) is 0 Å². The second-order valence-electron chi connectivity index (χ2n) is 4.20. The van der Waals surface area contributed by atoms with Gasteiger partial charge in [-0.15, -0.1) is 0 Å². The lowest BCUT2D eigenvalue weighted by atomic mass is 10.3. The molecule has 0 fully saturated rings. The molecule has 0 saturated heterocycles. The number of carbonyl (C=O) groups is 1. The predicted octanol–water partition coefficient (Wildman–Crippen LogP) is 3.20. The largest absolute Gasteiger partial charge is 0.319 e. The van der Waals surface area contributed by atoms with Gasteiger partial charge in [0.05, 0.1) is 15.2 Å². The number of hydrogen-bond donors (Lipinski definition) is 1. The summed E-state index contributed by atoms with van der Waals surface area (Å²) >= 11 is 14.8. The van der Waals surface area contributed by atoms with Gasteiger partial charge < -0.3 is 5.32 Å². The zero-order valence-electron chi connectivity index (χ0n) is 11.0. The maximum Gasteiger partial charge on any atom is 0.275 e. The Morgan fingerprint density at radius 2 is 2.00 bits per heavy atom. The number of carbonyl (C=O) groups excluding carboxylic acids is 1. The fraction of sp³-hybridized carbons (Fsp3) is 0.0833. The Morgan fingerprint density at radius 3 is 2.59 bits per heavy atom. The lowest BCUT2D eigenvalue weighted by Gasteiger charge is -2.08. The zero-order chi connectivity index (χ0) is 16.5. The molecule has 0 aliphatic carbocycles. The molecule has 0 saturated carbocycles. The number of hydrogen-bond acceptors (Lipinski definition) is 5. The Kier molecular flexibility index (Phi) is 5.06. The molecule has 1 N–H and O–H groups in total. The van der Waals surface area contributed by atoms with Crippen LogP contribution in [0, 0.1) is 0 Å². The summed E-state index contributed by atoms with van der Waals surface area (Å²) in [7, 11) is -3.63. The van der Waals surface area contributed by atoms with Gasteiger partial charge in [-0.25, -0.2) is 18.4 Å². The van der Waals surface area contributed by atoms with E-state index >= 15 is 0 Å². The average molecular weight is 425 g/mol. The Morgan fingerprint density at radius 1 is 1.32 bits per heavy atom. The first-order valence-corrected chi connectivity index (χ1v) is 9.11. The van der Waals surface area contributed by atoms with Crippen molar-refractivity contribution in [2.75, 3.05) is 11.6 Å². The van der Waals surface area contributed by atoms with Gasteiger partial charge in [-0.1, -0.05) is 23.2 Å². The molecule has 1 amide bonds. The van der Waals surface area contributed by atoms with Crippen LogP contribution in [0.1, 0.15) is 10.5 Å². The number of nitrogens with one attached hydrogen (secondary N) is 1. The van der Waals surface area contributed by atoms with Gasteiger partial charge in [0.15, 0.2) is 0 Å². The summed E-state index contributed by atoms with van der Waals surface area (Å²) in [4.78, 5) is 19.7. The molecule has 0 bridgehead atoms. The Labute approximate surface area is 144 Å². The van der Waals surface area contributed by atoms with Crippen LogP contribution >= 0.6 is 39.1 Å². The highest BCUT2D eigenvalue weighted by Crippen LogP contribution is 2.26. The minimum absolute atomic E-state index is 0.124. The van der Waals surface area contributed by atoms with Crippen molar-refractivity contribution in [1.29, 1.82) is 0 Å². The summed E-state index contributed by atoms with van der Waals surface area (Å²) < 4.78 is 23.2. The Balaban J connectivity index is 2.37. The van der Waals surface area contributed by atoms with Crippen molar-refractivity contribution in [1.82, 2.24) is 9.97 Å². The van der Waals surface area contributed by atoms with Gasteiger partial charge in [0.1, 0.15) is 5.69 Å². The minimum Gasteiger partial charge on any atom is -0.319 e. The number of benzene rings is 1. The molecule has 0 atom stereocenters. The fourth-order valence-electron chi connectivity index (χ4n) is 1.46. The average Bonchev–Trinajstić information content (AvgIpc) is 2.41. The van der Waals surface area contributed by atoms with Crippen LogP contribution in [-0.2, 0) is 9.84 Å². The van der Waals surface area contributed by atoms with Gasteiger partial charge in [0.2, 0.25) is 15.0 Å². The van der Waals surface area contributed by atoms with E-state index in [9.17, 15) is 13.2 Å². The highest BCUT2D eigenvalue weighted by atomic mass is 79.9. The first-order valence-electron chi connectivity index (χ1n) is 5.67. The molecular formula is C12H8BrCl2N3O3S. The van der Waals surface area contributed by atoms with Crippen LogP contribution < -0.4 is 5.32 Å². The van der Waals surface area contributed by atoms with E-state index < -0.39 is 20.9 Å². The smallest absolute Gasteiger partial charge is 0.275 e. The topological polar surface area (TPSA) is 89.0 Å². The quantitative estimate of drug-likeness (QED) is 0.764. The number of anilines is 1. The van der Waals surface area contributed by atoms with E-state index in [1.54, 1.807) is 6.07 Å². The first-order chi connectivity index (χ1) is 10.2. The SMILES string of the molecule is CS(=O)(=O)c1ncc(Br)c(C(=O)Nc2ccc(Cl)cc2Cl)n1. The maximum absolute atomic E-state index is 12.2. The van der Waals surface area contributed by atoms with Gasteiger partial charge in [-0.2, -0.15) is 0 Å². The number of aromatic nitrogens is 2. The van der Waals surface area contributed by atoms with Crippen molar-refractivity contribution in [2.45, 2.75) is 5.16 Å². The zero-order valence-corrected chi connectivity index (χ0v) is 14.9. The summed E-state index contributed by atoms with van der Waals surface area (Å²) in [6, 6.07) is 4.55. The van der Waals surface area contributed by atoms with Crippen LogP contribution in [0.2, 0.25) is 10.0 Å². The van der Waals surface area contributed by atoms with Crippen LogP contribution in [0.4, 0.5) is 5.69 Å². The molecule has 116 valence electrons. The molecule has 0 unspecified atom stereocenters. The molecule has 1 aromatic heterocycles. The fourth-order valence-corrected chi connectivity index (χ4v) is 2.79. The van der Waals surface area contributed by atoms with Crippen molar-refractivity contribution >= 4 is 60.6 Å². The molecule has 22 heavy (non-hydrogen) atoms. The summed E-state index contributed by atoms with van der Waals surface area (Å²) in [5, 5.41) is 2.75. The number of nitrogens with zero attached hydrogens (tertiary/aromatic N) is 2. The van der Waals surface area contributed by atoms with E-state index in [0.717, 1.165) is 6.26 Å². The van der Waals surface area contributed by atoms with Gasteiger partial charge in [0.25, 0.3) is 5.91 Å². The second-order valence-corrected chi connectivity index (χ2v) is 7.81. The van der Waals surface area contributed by atoms with E-state index in [1.165, 1.54) is 18.3 Å². The lowest BCUT2D eigenvalue weighted by Crippen LogP contribution is -2.17. The van der Waals surface area contributed by atoms with Gasteiger partial charge in [-0.05, 0) is 34.1 Å². The minimum atomic E-state index is -3.63. The van der Waals surface area contributed by atoms with Crippen molar-refractivity contribution in [3.8, 4) is 0 Å². The molecule has 6 nitrogen and oxygen atoms in total. The van der Waals surface area contributed by atoms with Crippen molar-refractivity contribution in [3.63, 3.8) is 0 Å². The molecule has 0 spiro atoms. The molecule has 1 heterocycles. The van der Waals surface area contributed by atoms with E-state index in [0.29, 0.717) is 10.7 Å². The number of sulfone groups is 1. The summed E-state index contributed by atoms with van der Waals surface area (Å²) in [5.41, 5.74) is 0.198. The summed E-state index contributed by atoms with van der Waals surface area (Å²) in [6.45, 7) is 0. The number of amides is 1. The normalized spacial score (nSPS) is 11.3. The summed E-state index contributed by atoms with van der Waals surface area (Å²) in [5.74, 6) is -0.636. The maximum atomic E-state index is 12.2. The first kappa shape index (κ1) is 17.1. The monoisotopic (exact) mass is 423 g/mol. The lowest BCUT2D eigenvalue weighted by molar-refractivity contribution is 0.102. The van der Waals surface area contributed by atoms with Crippen molar-refractivity contribution in [3.05, 3.63) is 44.6 Å². The van der Waals surface area contributed by atoms with Crippen molar-refractivity contribution < 1.29 is 13.2 Å². The van der Waals surface area contributed by atoms with E-state index in [4.69, 9.17) is 23.2 Å². The van der Waals surface area contributed by atoms with Gasteiger partial charge in [0, 0.05) is 17.5 Å². The van der Waals surface area contributed by atoms with Crippen molar-refractivity contribution in [2.24, 2.45) is 0 Å². The third-order valence-electron chi connectivity index (χ3n) is 2.45. The standard InChI is InChI=1S/C12H8BrCl2N3O3S/c1-22(20,21)12-16-5-7(13)10(18-12)11(19)17-9-3-2-6(14)4-8(9)15/h2-5H,1H3,(H,17,19). The number of halogens is 3. The van der Waals surface area contributed by atoms with E-state index in [2.05, 4.69) is 31.2 Å². The van der Waals surface area contributed by atoms with Crippen LogP contribution in [0.3, 0.4) is 0 Å².